The molecule has 2 aromatic carbocycles. The molecule has 0 amide bonds. The molecule has 0 fully saturated rings. The Morgan fingerprint density at radius 3 is 2.81 bits per heavy atom. The zero-order valence-electron chi connectivity index (χ0n) is 12.0. The molecular weight excluding hydrogens is 280 g/mol. The Morgan fingerprint density at radius 1 is 1.14 bits per heavy atom. The second kappa shape index (κ2) is 6.33. The second-order valence-electron chi connectivity index (χ2n) is 4.87. The van der Waals surface area contributed by atoms with Crippen molar-refractivity contribution in [2.45, 2.75) is 30.7 Å². The lowest BCUT2D eigenvalue weighted by molar-refractivity contribution is 0.281. The van der Waals surface area contributed by atoms with Gasteiger partial charge in [0.15, 0.2) is 0 Å². The summed E-state index contributed by atoms with van der Waals surface area (Å²) in [6.45, 7) is 3.08. The van der Waals surface area contributed by atoms with Crippen LogP contribution in [0.25, 0.3) is 10.9 Å². The summed E-state index contributed by atoms with van der Waals surface area (Å²) in [6, 6.07) is 16.4. The number of aliphatic hydroxyl groups is 1. The van der Waals surface area contributed by atoms with Crippen LogP contribution in [0.5, 0.6) is 0 Å². The lowest BCUT2D eigenvalue weighted by Gasteiger charge is -2.02. The average molecular weight is 298 g/mol. The number of hydrogen-bond donors (Lipinski definition) is 1. The fourth-order valence-corrected chi connectivity index (χ4v) is 3.36. The van der Waals surface area contributed by atoms with E-state index in [1.54, 1.807) is 11.8 Å². The van der Waals surface area contributed by atoms with E-state index in [-0.39, 0.29) is 6.61 Å². The third-order valence-corrected chi connectivity index (χ3v) is 4.50. The van der Waals surface area contributed by atoms with Crippen LogP contribution in [-0.2, 0) is 18.9 Å². The molecule has 0 bridgehead atoms. The van der Waals surface area contributed by atoms with Gasteiger partial charge < -0.3 is 5.11 Å². The van der Waals surface area contributed by atoms with E-state index in [1.807, 2.05) is 18.2 Å². The van der Waals surface area contributed by atoms with E-state index in [0.29, 0.717) is 0 Å². The minimum atomic E-state index is 0.0851. The van der Waals surface area contributed by atoms with Crippen molar-refractivity contribution >= 4 is 22.7 Å². The van der Waals surface area contributed by atoms with Gasteiger partial charge in [0, 0.05) is 22.6 Å². The summed E-state index contributed by atoms with van der Waals surface area (Å²) in [4.78, 5) is 1.16. The van der Waals surface area contributed by atoms with Crippen molar-refractivity contribution in [1.82, 2.24) is 9.78 Å². The summed E-state index contributed by atoms with van der Waals surface area (Å²) >= 11 is 1.75. The van der Waals surface area contributed by atoms with E-state index in [4.69, 9.17) is 5.10 Å². The average Bonchev–Trinajstić information content (AvgIpc) is 2.91. The Hall–Kier alpha value is -1.78. The highest BCUT2D eigenvalue weighted by molar-refractivity contribution is 7.98. The maximum absolute atomic E-state index is 9.20. The topological polar surface area (TPSA) is 38.0 Å². The van der Waals surface area contributed by atoms with Crippen LogP contribution >= 0.6 is 11.8 Å². The van der Waals surface area contributed by atoms with Gasteiger partial charge in [0.2, 0.25) is 0 Å². The maximum atomic E-state index is 9.20. The first-order chi connectivity index (χ1) is 10.3. The van der Waals surface area contributed by atoms with Crippen molar-refractivity contribution < 1.29 is 5.11 Å². The second-order valence-corrected chi connectivity index (χ2v) is 5.92. The van der Waals surface area contributed by atoms with Crippen LogP contribution in [0.4, 0.5) is 0 Å². The highest BCUT2D eigenvalue weighted by Gasteiger charge is 2.09. The number of nitrogens with zero attached hydrogens (tertiary/aromatic N) is 2. The molecular formula is C17H18N2OS. The van der Waals surface area contributed by atoms with Crippen molar-refractivity contribution in [1.29, 1.82) is 0 Å². The molecule has 0 aliphatic carbocycles. The smallest absolute Gasteiger partial charge is 0.0805 e. The molecule has 0 atom stereocenters. The molecule has 1 aromatic heterocycles. The molecule has 1 N–H and O–H groups in total. The first-order valence-corrected chi connectivity index (χ1v) is 8.07. The van der Waals surface area contributed by atoms with Crippen molar-refractivity contribution in [2.75, 3.05) is 0 Å². The molecule has 0 aliphatic heterocycles. The largest absolute Gasteiger partial charge is 0.392 e. The van der Waals surface area contributed by atoms with Crippen molar-refractivity contribution in [3.63, 3.8) is 0 Å². The fraction of sp³-hybridized carbons (Fsp3) is 0.235. The fourth-order valence-electron chi connectivity index (χ4n) is 2.43. The number of para-hydroxylation sites is 1. The van der Waals surface area contributed by atoms with E-state index in [0.717, 1.165) is 28.5 Å². The van der Waals surface area contributed by atoms with E-state index in [9.17, 15) is 5.11 Å². The van der Waals surface area contributed by atoms with Crippen LogP contribution in [0.3, 0.4) is 0 Å². The van der Waals surface area contributed by atoms with Crippen LogP contribution in [0.15, 0.2) is 53.4 Å². The van der Waals surface area contributed by atoms with E-state index in [1.165, 1.54) is 10.9 Å². The van der Waals surface area contributed by atoms with E-state index < -0.39 is 0 Å². The molecule has 3 aromatic rings. The molecule has 0 aliphatic rings. The zero-order chi connectivity index (χ0) is 14.7. The van der Waals surface area contributed by atoms with Crippen molar-refractivity contribution in [3.05, 3.63) is 59.8 Å². The molecule has 0 spiro atoms. The van der Waals surface area contributed by atoms with Gasteiger partial charge in [-0.2, -0.15) is 5.10 Å². The number of aromatic nitrogens is 2. The molecule has 0 radical (unpaired) electrons. The molecule has 0 saturated heterocycles. The van der Waals surface area contributed by atoms with Crippen LogP contribution < -0.4 is 0 Å². The monoisotopic (exact) mass is 298 g/mol. The first kappa shape index (κ1) is 14.2. The van der Waals surface area contributed by atoms with Crippen molar-refractivity contribution in [2.24, 2.45) is 0 Å². The number of hydrogen-bond acceptors (Lipinski definition) is 3. The quantitative estimate of drug-likeness (QED) is 0.727. The van der Waals surface area contributed by atoms with Gasteiger partial charge in [0.1, 0.15) is 0 Å². The first-order valence-electron chi connectivity index (χ1n) is 7.09. The van der Waals surface area contributed by atoms with Gasteiger partial charge in [-0.1, -0.05) is 30.3 Å². The van der Waals surface area contributed by atoms with Crippen LogP contribution in [0.2, 0.25) is 0 Å². The van der Waals surface area contributed by atoms with Gasteiger partial charge >= 0.3 is 0 Å². The predicted octanol–water partition coefficient (Wildman–Crippen LogP) is 3.84. The SMILES string of the molecule is CCn1nc(CSc2cccc(CO)c2)c2ccccc21. The number of aliphatic hydroxyl groups excluding tert-OH is 1. The molecule has 1 heterocycles. The molecule has 0 unspecified atom stereocenters. The third-order valence-electron chi connectivity index (χ3n) is 3.49. The molecule has 108 valence electrons. The Bertz CT molecular complexity index is 751. The third kappa shape index (κ3) is 2.96. The van der Waals surface area contributed by atoms with Crippen LogP contribution in [0, 0.1) is 0 Å². The normalized spacial score (nSPS) is 11.1. The van der Waals surface area contributed by atoms with E-state index in [2.05, 4.69) is 41.9 Å². The number of rotatable bonds is 5. The number of aryl methyl sites for hydroxylation is 1. The zero-order valence-corrected chi connectivity index (χ0v) is 12.8. The number of fused-ring (bicyclic) bond motifs is 1. The summed E-state index contributed by atoms with van der Waals surface area (Å²) in [7, 11) is 0. The van der Waals surface area contributed by atoms with Crippen molar-refractivity contribution in [3.8, 4) is 0 Å². The van der Waals surface area contributed by atoms with Crippen LogP contribution in [0.1, 0.15) is 18.2 Å². The summed E-state index contributed by atoms with van der Waals surface area (Å²) in [5.74, 6) is 0.836. The Kier molecular flexibility index (Phi) is 4.27. The molecule has 4 heteroatoms. The minimum Gasteiger partial charge on any atom is -0.392 e. The van der Waals surface area contributed by atoms with Gasteiger partial charge in [-0.3, -0.25) is 4.68 Å². The molecule has 3 rings (SSSR count). The van der Waals surface area contributed by atoms with E-state index >= 15 is 0 Å². The van der Waals surface area contributed by atoms with Gasteiger partial charge in [-0.15, -0.1) is 11.8 Å². The van der Waals surface area contributed by atoms with Gasteiger partial charge in [-0.05, 0) is 30.7 Å². The Balaban J connectivity index is 1.85. The minimum absolute atomic E-state index is 0.0851. The van der Waals surface area contributed by atoms with Gasteiger partial charge in [0.25, 0.3) is 0 Å². The predicted molar refractivity (Wildman–Crippen MR) is 87.3 cm³/mol. The number of thioether (sulfide) groups is 1. The molecule has 21 heavy (non-hydrogen) atoms. The summed E-state index contributed by atoms with van der Waals surface area (Å²) in [5, 5.41) is 15.1. The summed E-state index contributed by atoms with van der Waals surface area (Å²) < 4.78 is 2.05. The maximum Gasteiger partial charge on any atom is 0.0805 e. The molecule has 0 saturated carbocycles. The Labute approximate surface area is 128 Å². The van der Waals surface area contributed by atoms with Gasteiger partial charge in [-0.25, -0.2) is 0 Å². The highest BCUT2D eigenvalue weighted by Crippen LogP contribution is 2.27. The van der Waals surface area contributed by atoms with Gasteiger partial charge in [0.05, 0.1) is 17.8 Å². The van der Waals surface area contributed by atoms with Crippen LogP contribution in [-0.4, -0.2) is 14.9 Å². The standard InChI is InChI=1S/C17H18N2OS/c1-2-19-17-9-4-3-8-15(17)16(18-19)12-21-14-7-5-6-13(10-14)11-20/h3-10,20H,2,11-12H2,1H3. The summed E-state index contributed by atoms with van der Waals surface area (Å²) in [5.41, 5.74) is 3.26. The highest BCUT2D eigenvalue weighted by atomic mass is 32.2. The lowest BCUT2D eigenvalue weighted by atomic mass is 10.2. The summed E-state index contributed by atoms with van der Waals surface area (Å²) in [6.07, 6.45) is 0. The lowest BCUT2D eigenvalue weighted by Crippen LogP contribution is -1.96. The Morgan fingerprint density at radius 2 is 2.00 bits per heavy atom. The molecule has 3 nitrogen and oxygen atoms in total. The number of benzene rings is 2.